The molecule has 1 aromatic carbocycles. The van der Waals surface area contributed by atoms with Gasteiger partial charge in [0.1, 0.15) is 0 Å². The maximum atomic E-state index is 5.59. The number of fused-ring (bicyclic) bond motifs is 1. The number of piperazine rings is 1. The Labute approximate surface area is 157 Å². The third kappa shape index (κ3) is 5.82. The van der Waals surface area contributed by atoms with Crippen LogP contribution in [0.4, 0.5) is 5.69 Å². The van der Waals surface area contributed by atoms with Crippen LogP contribution < -0.4 is 11.1 Å². The lowest BCUT2D eigenvalue weighted by molar-refractivity contribution is 0.132. The summed E-state index contributed by atoms with van der Waals surface area (Å²) in [4.78, 5) is 9.60. The topological polar surface area (TPSA) is 57.4 Å². The highest BCUT2D eigenvalue weighted by Crippen LogP contribution is 2.20. The Bertz CT molecular complexity index is 623. The monoisotopic (exact) mass is 363 g/mol. The quantitative estimate of drug-likeness (QED) is 0.705. The molecule has 1 fully saturated rings. The lowest BCUT2D eigenvalue weighted by Gasteiger charge is -2.34. The normalized spacial score (nSPS) is 15.9. The Morgan fingerprint density at radius 2 is 1.64 bits per heavy atom. The standard InChI is InChI=1S/C19H29N5.ClH/c20-8-3-11-23-13-15-24(16-14-23)12-4-10-21-18-7-1-5-17-6-2-9-22-19(17)18;/h1-2,5-7,9,21H,3-4,8,10-16,20H2;1H. The number of benzene rings is 1. The highest BCUT2D eigenvalue weighted by atomic mass is 35.5. The van der Waals surface area contributed by atoms with Crippen LogP contribution in [0.5, 0.6) is 0 Å². The van der Waals surface area contributed by atoms with Crippen LogP contribution in [-0.2, 0) is 0 Å². The Hall–Kier alpha value is -1.40. The Kier molecular flexibility index (Phi) is 8.41. The van der Waals surface area contributed by atoms with E-state index >= 15 is 0 Å². The number of para-hydroxylation sites is 1. The van der Waals surface area contributed by atoms with Gasteiger partial charge in [-0.2, -0.15) is 0 Å². The molecule has 1 aliphatic rings. The van der Waals surface area contributed by atoms with E-state index in [9.17, 15) is 0 Å². The number of pyridine rings is 1. The van der Waals surface area contributed by atoms with Gasteiger partial charge in [-0.3, -0.25) is 4.98 Å². The highest BCUT2D eigenvalue weighted by molar-refractivity contribution is 5.90. The molecule has 1 saturated heterocycles. The fourth-order valence-electron chi connectivity index (χ4n) is 3.32. The zero-order valence-corrected chi connectivity index (χ0v) is 15.7. The number of anilines is 1. The molecule has 0 radical (unpaired) electrons. The van der Waals surface area contributed by atoms with Crippen LogP contribution >= 0.6 is 12.4 Å². The molecule has 5 nitrogen and oxygen atoms in total. The molecule has 138 valence electrons. The lowest BCUT2D eigenvalue weighted by atomic mass is 10.2. The summed E-state index contributed by atoms with van der Waals surface area (Å²) in [5.74, 6) is 0. The van der Waals surface area contributed by atoms with Crippen molar-refractivity contribution in [2.45, 2.75) is 12.8 Å². The minimum atomic E-state index is 0. The van der Waals surface area contributed by atoms with Gasteiger partial charge in [0.25, 0.3) is 0 Å². The summed E-state index contributed by atoms with van der Waals surface area (Å²) in [7, 11) is 0. The first-order valence-corrected chi connectivity index (χ1v) is 9.09. The van der Waals surface area contributed by atoms with Crippen LogP contribution in [0.2, 0.25) is 0 Å². The molecule has 0 atom stereocenters. The van der Waals surface area contributed by atoms with Gasteiger partial charge in [0.2, 0.25) is 0 Å². The average Bonchev–Trinajstić information content (AvgIpc) is 2.64. The van der Waals surface area contributed by atoms with Crippen molar-refractivity contribution in [1.82, 2.24) is 14.8 Å². The van der Waals surface area contributed by atoms with Gasteiger partial charge in [-0.15, -0.1) is 12.4 Å². The van der Waals surface area contributed by atoms with Crippen LogP contribution in [0.15, 0.2) is 36.5 Å². The predicted octanol–water partition coefficient (Wildman–Crippen LogP) is 2.42. The van der Waals surface area contributed by atoms with Gasteiger partial charge in [-0.05, 0) is 44.6 Å². The molecule has 1 aromatic heterocycles. The Morgan fingerprint density at radius 3 is 2.36 bits per heavy atom. The first kappa shape index (κ1) is 19.9. The maximum absolute atomic E-state index is 5.59. The zero-order chi connectivity index (χ0) is 16.6. The van der Waals surface area contributed by atoms with E-state index in [1.54, 1.807) is 0 Å². The van der Waals surface area contributed by atoms with E-state index in [0.29, 0.717) is 0 Å². The second-order valence-electron chi connectivity index (χ2n) is 6.49. The molecule has 3 rings (SSSR count). The minimum absolute atomic E-state index is 0. The molecule has 6 heteroatoms. The Balaban J connectivity index is 0.00000225. The number of nitrogens with one attached hydrogen (secondary N) is 1. The molecule has 0 saturated carbocycles. The van der Waals surface area contributed by atoms with Gasteiger partial charge >= 0.3 is 0 Å². The largest absolute Gasteiger partial charge is 0.383 e. The van der Waals surface area contributed by atoms with Crippen molar-refractivity contribution >= 4 is 29.0 Å². The van der Waals surface area contributed by atoms with E-state index < -0.39 is 0 Å². The van der Waals surface area contributed by atoms with Gasteiger partial charge in [-0.1, -0.05) is 18.2 Å². The first-order valence-electron chi connectivity index (χ1n) is 9.09. The van der Waals surface area contributed by atoms with Crippen molar-refractivity contribution in [2.24, 2.45) is 5.73 Å². The number of aromatic nitrogens is 1. The van der Waals surface area contributed by atoms with Crippen molar-refractivity contribution in [3.8, 4) is 0 Å². The van der Waals surface area contributed by atoms with Crippen LogP contribution in [0.25, 0.3) is 10.9 Å². The molecule has 0 bridgehead atoms. The third-order valence-corrected chi connectivity index (χ3v) is 4.74. The summed E-state index contributed by atoms with van der Waals surface area (Å²) >= 11 is 0. The fraction of sp³-hybridized carbons (Fsp3) is 0.526. The molecule has 25 heavy (non-hydrogen) atoms. The summed E-state index contributed by atoms with van der Waals surface area (Å²) in [6, 6.07) is 10.4. The molecule has 1 aliphatic heterocycles. The van der Waals surface area contributed by atoms with Crippen LogP contribution in [0, 0.1) is 0 Å². The van der Waals surface area contributed by atoms with Crippen LogP contribution in [0.1, 0.15) is 12.8 Å². The predicted molar refractivity (Wildman–Crippen MR) is 109 cm³/mol. The molecule has 2 aromatic rings. The number of hydrogen-bond acceptors (Lipinski definition) is 5. The second-order valence-corrected chi connectivity index (χ2v) is 6.49. The van der Waals surface area contributed by atoms with Gasteiger partial charge in [0.05, 0.1) is 11.2 Å². The number of rotatable bonds is 8. The van der Waals surface area contributed by atoms with Crippen molar-refractivity contribution in [2.75, 3.05) is 57.7 Å². The highest BCUT2D eigenvalue weighted by Gasteiger charge is 2.15. The molecule has 3 N–H and O–H groups in total. The molecule has 0 amide bonds. The number of hydrogen-bond donors (Lipinski definition) is 2. The molecule has 0 unspecified atom stereocenters. The molecular formula is C19H30ClN5. The van der Waals surface area contributed by atoms with E-state index in [1.165, 1.54) is 31.6 Å². The molecule has 0 aliphatic carbocycles. The first-order chi connectivity index (χ1) is 11.9. The van der Waals surface area contributed by atoms with E-state index in [1.807, 2.05) is 12.3 Å². The second kappa shape index (κ2) is 10.6. The van der Waals surface area contributed by atoms with Crippen LogP contribution in [-0.4, -0.2) is 67.1 Å². The van der Waals surface area contributed by atoms with Crippen molar-refractivity contribution in [1.29, 1.82) is 0 Å². The molecule has 2 heterocycles. The smallest absolute Gasteiger partial charge is 0.0933 e. The lowest BCUT2D eigenvalue weighted by Crippen LogP contribution is -2.47. The van der Waals surface area contributed by atoms with Gasteiger partial charge in [0.15, 0.2) is 0 Å². The number of halogens is 1. The summed E-state index contributed by atoms with van der Waals surface area (Å²) in [5.41, 5.74) is 7.79. The summed E-state index contributed by atoms with van der Waals surface area (Å²) in [6.45, 7) is 8.83. The third-order valence-electron chi connectivity index (χ3n) is 4.74. The van der Waals surface area contributed by atoms with Crippen molar-refractivity contribution in [3.63, 3.8) is 0 Å². The van der Waals surface area contributed by atoms with E-state index in [-0.39, 0.29) is 12.4 Å². The van der Waals surface area contributed by atoms with E-state index in [0.717, 1.165) is 50.2 Å². The Morgan fingerprint density at radius 1 is 0.960 bits per heavy atom. The number of nitrogens with zero attached hydrogens (tertiary/aromatic N) is 3. The molecule has 0 spiro atoms. The van der Waals surface area contributed by atoms with E-state index in [2.05, 4.69) is 44.4 Å². The zero-order valence-electron chi connectivity index (χ0n) is 14.9. The van der Waals surface area contributed by atoms with Crippen molar-refractivity contribution < 1.29 is 0 Å². The summed E-state index contributed by atoms with van der Waals surface area (Å²) in [5, 5.41) is 4.74. The van der Waals surface area contributed by atoms with Gasteiger partial charge in [-0.25, -0.2) is 0 Å². The average molecular weight is 364 g/mol. The molecular weight excluding hydrogens is 334 g/mol. The van der Waals surface area contributed by atoms with Gasteiger partial charge < -0.3 is 20.9 Å². The summed E-state index contributed by atoms with van der Waals surface area (Å²) in [6.07, 6.45) is 4.13. The van der Waals surface area contributed by atoms with Gasteiger partial charge in [0, 0.05) is 44.3 Å². The van der Waals surface area contributed by atoms with E-state index in [4.69, 9.17) is 5.73 Å². The fourth-order valence-corrected chi connectivity index (χ4v) is 3.32. The summed E-state index contributed by atoms with van der Waals surface area (Å²) < 4.78 is 0. The SMILES string of the molecule is Cl.NCCCN1CCN(CCCNc2cccc3cccnc23)CC1. The number of nitrogens with two attached hydrogens (primary N) is 1. The van der Waals surface area contributed by atoms with Crippen LogP contribution in [0.3, 0.4) is 0 Å². The maximum Gasteiger partial charge on any atom is 0.0933 e. The minimum Gasteiger partial charge on any atom is -0.383 e. The van der Waals surface area contributed by atoms with Crippen molar-refractivity contribution in [3.05, 3.63) is 36.5 Å².